The SMILES string of the molecule is CNC(=O)[C@@H](NC(=O)[C@H]1CN(C(=O)c2cnn(Cc3ccccc3)c2)CC12CN(C(=O)[C@H]1CC1(C)C)C2)[C@@H](C)OCC1CCC1. The van der Waals surface area contributed by atoms with Crippen molar-refractivity contribution in [3.05, 3.63) is 53.9 Å². The number of carbonyl (C=O) groups excluding carboxylic acids is 4. The van der Waals surface area contributed by atoms with Crippen molar-refractivity contribution in [2.75, 3.05) is 39.8 Å². The highest BCUT2D eigenvalue weighted by atomic mass is 16.5. The number of hydrogen-bond acceptors (Lipinski definition) is 6. The number of likely N-dealkylation sites (N-methyl/N-ethyl adjacent to an activating group) is 1. The summed E-state index contributed by atoms with van der Waals surface area (Å²) < 4.78 is 7.78. The van der Waals surface area contributed by atoms with E-state index in [-0.39, 0.29) is 41.5 Å². The minimum Gasteiger partial charge on any atom is -0.376 e. The van der Waals surface area contributed by atoms with Crippen LogP contribution in [0.15, 0.2) is 42.7 Å². The van der Waals surface area contributed by atoms with Crippen LogP contribution in [0.2, 0.25) is 0 Å². The van der Waals surface area contributed by atoms with Crippen LogP contribution in [0.4, 0.5) is 0 Å². The summed E-state index contributed by atoms with van der Waals surface area (Å²) in [6, 6.07) is 9.03. The molecule has 2 aliphatic carbocycles. The summed E-state index contributed by atoms with van der Waals surface area (Å²) >= 11 is 0. The van der Waals surface area contributed by atoms with Crippen molar-refractivity contribution in [3.63, 3.8) is 0 Å². The predicted molar refractivity (Wildman–Crippen MR) is 167 cm³/mol. The van der Waals surface area contributed by atoms with Crippen LogP contribution in [0, 0.1) is 28.6 Å². The number of rotatable bonds is 11. The molecule has 4 aliphatic rings. The number of benzene rings is 1. The van der Waals surface area contributed by atoms with Crippen LogP contribution < -0.4 is 10.6 Å². The summed E-state index contributed by atoms with van der Waals surface area (Å²) in [5.74, 6) is -0.771. The zero-order valence-electron chi connectivity index (χ0n) is 26.8. The zero-order valence-corrected chi connectivity index (χ0v) is 26.8. The van der Waals surface area contributed by atoms with E-state index in [1.165, 1.54) is 6.42 Å². The molecular weight excluding hydrogens is 572 g/mol. The van der Waals surface area contributed by atoms with Gasteiger partial charge in [0.05, 0.1) is 30.3 Å². The molecule has 242 valence electrons. The molecule has 0 unspecified atom stereocenters. The van der Waals surface area contributed by atoms with Gasteiger partial charge in [-0.1, -0.05) is 50.6 Å². The number of amides is 4. The van der Waals surface area contributed by atoms with Gasteiger partial charge >= 0.3 is 0 Å². The van der Waals surface area contributed by atoms with Crippen molar-refractivity contribution in [1.82, 2.24) is 30.2 Å². The number of ether oxygens (including phenoxy) is 1. The Morgan fingerprint density at radius 3 is 2.36 bits per heavy atom. The topological polar surface area (TPSA) is 126 Å². The average Bonchev–Trinajstić information content (AvgIpc) is 3.30. The minimum atomic E-state index is -0.870. The van der Waals surface area contributed by atoms with E-state index in [1.807, 2.05) is 42.2 Å². The van der Waals surface area contributed by atoms with Gasteiger partial charge in [0.15, 0.2) is 0 Å². The van der Waals surface area contributed by atoms with Crippen molar-refractivity contribution < 1.29 is 23.9 Å². The van der Waals surface area contributed by atoms with Gasteiger partial charge in [-0.15, -0.1) is 0 Å². The van der Waals surface area contributed by atoms with Gasteiger partial charge in [-0.3, -0.25) is 23.9 Å². The lowest BCUT2D eigenvalue weighted by Gasteiger charge is -2.50. The second kappa shape index (κ2) is 12.2. The lowest BCUT2D eigenvalue weighted by atomic mass is 9.70. The van der Waals surface area contributed by atoms with E-state index < -0.39 is 23.5 Å². The molecular formula is C34H46N6O5. The van der Waals surface area contributed by atoms with E-state index in [9.17, 15) is 19.2 Å². The molecule has 0 radical (unpaired) electrons. The van der Waals surface area contributed by atoms with Gasteiger partial charge in [0, 0.05) is 57.4 Å². The Kier molecular flexibility index (Phi) is 8.49. The molecule has 4 atom stereocenters. The molecule has 4 amide bonds. The lowest BCUT2D eigenvalue weighted by molar-refractivity contribution is -0.152. The summed E-state index contributed by atoms with van der Waals surface area (Å²) in [6.07, 6.45) is 7.10. The van der Waals surface area contributed by atoms with Gasteiger partial charge in [0.25, 0.3) is 5.91 Å². The molecule has 1 spiro atoms. The molecule has 2 aliphatic heterocycles. The molecule has 1 aromatic heterocycles. The van der Waals surface area contributed by atoms with Gasteiger partial charge in [0.2, 0.25) is 17.7 Å². The van der Waals surface area contributed by atoms with Crippen LogP contribution >= 0.6 is 0 Å². The number of nitrogens with one attached hydrogen (secondary N) is 2. The first kappa shape index (κ1) is 31.3. The first-order valence-electron chi connectivity index (χ1n) is 16.3. The minimum absolute atomic E-state index is 0.00279. The van der Waals surface area contributed by atoms with Crippen molar-refractivity contribution in [1.29, 1.82) is 0 Å². The fourth-order valence-electron chi connectivity index (χ4n) is 7.15. The number of hydrogen-bond donors (Lipinski definition) is 2. The monoisotopic (exact) mass is 618 g/mol. The normalized spacial score (nSPS) is 24.4. The molecule has 11 heteroatoms. The van der Waals surface area contributed by atoms with Crippen molar-refractivity contribution in [2.45, 2.75) is 65.1 Å². The van der Waals surface area contributed by atoms with E-state index in [1.54, 1.807) is 29.0 Å². The Labute approximate surface area is 265 Å². The number of likely N-dealkylation sites (tertiary alicyclic amines) is 2. The molecule has 2 saturated carbocycles. The van der Waals surface area contributed by atoms with Crippen LogP contribution in [0.25, 0.3) is 0 Å². The molecule has 3 heterocycles. The fraction of sp³-hybridized carbons (Fsp3) is 0.618. The van der Waals surface area contributed by atoms with Crippen LogP contribution in [-0.2, 0) is 25.7 Å². The number of nitrogens with zero attached hydrogens (tertiary/aromatic N) is 4. The largest absolute Gasteiger partial charge is 0.376 e. The molecule has 4 fully saturated rings. The van der Waals surface area contributed by atoms with E-state index in [0.29, 0.717) is 44.3 Å². The zero-order chi connectivity index (χ0) is 31.9. The molecule has 2 aromatic rings. The molecule has 2 saturated heterocycles. The molecule has 0 bridgehead atoms. The summed E-state index contributed by atoms with van der Waals surface area (Å²) in [6.45, 7) is 8.48. The van der Waals surface area contributed by atoms with Crippen LogP contribution in [-0.4, -0.2) is 95.2 Å². The van der Waals surface area contributed by atoms with Gasteiger partial charge in [0.1, 0.15) is 6.04 Å². The Balaban J connectivity index is 1.17. The maximum absolute atomic E-state index is 14.0. The highest BCUT2D eigenvalue weighted by Crippen LogP contribution is 2.54. The first-order chi connectivity index (χ1) is 21.5. The first-order valence-corrected chi connectivity index (χ1v) is 16.3. The highest BCUT2D eigenvalue weighted by Gasteiger charge is 2.62. The van der Waals surface area contributed by atoms with Crippen LogP contribution in [0.1, 0.15) is 62.4 Å². The van der Waals surface area contributed by atoms with E-state index in [0.717, 1.165) is 24.8 Å². The summed E-state index contributed by atoms with van der Waals surface area (Å²) in [5, 5.41) is 10.1. The predicted octanol–water partition coefficient (Wildman–Crippen LogP) is 2.31. The third-order valence-corrected chi connectivity index (χ3v) is 10.6. The van der Waals surface area contributed by atoms with E-state index in [4.69, 9.17) is 4.74 Å². The summed E-state index contributed by atoms with van der Waals surface area (Å²) in [4.78, 5) is 57.5. The third-order valence-electron chi connectivity index (χ3n) is 10.6. The van der Waals surface area contributed by atoms with E-state index in [2.05, 4.69) is 29.6 Å². The maximum atomic E-state index is 14.0. The number of aromatic nitrogens is 2. The second-order valence-corrected chi connectivity index (χ2v) is 14.4. The molecule has 45 heavy (non-hydrogen) atoms. The summed E-state index contributed by atoms with van der Waals surface area (Å²) in [7, 11) is 1.55. The van der Waals surface area contributed by atoms with Crippen molar-refractivity contribution in [2.24, 2.45) is 28.6 Å². The Morgan fingerprint density at radius 1 is 1.04 bits per heavy atom. The molecule has 2 N–H and O–H groups in total. The van der Waals surface area contributed by atoms with Gasteiger partial charge < -0.3 is 25.2 Å². The van der Waals surface area contributed by atoms with Crippen LogP contribution in [0.5, 0.6) is 0 Å². The van der Waals surface area contributed by atoms with Crippen molar-refractivity contribution in [3.8, 4) is 0 Å². The summed E-state index contributed by atoms with van der Waals surface area (Å²) in [5.41, 5.74) is 0.948. The van der Waals surface area contributed by atoms with Crippen molar-refractivity contribution >= 4 is 23.6 Å². The lowest BCUT2D eigenvalue weighted by Crippen LogP contribution is -2.65. The van der Waals surface area contributed by atoms with Gasteiger partial charge in [-0.05, 0) is 43.1 Å². The van der Waals surface area contributed by atoms with Crippen LogP contribution in [0.3, 0.4) is 0 Å². The Morgan fingerprint density at radius 2 is 1.73 bits per heavy atom. The van der Waals surface area contributed by atoms with Gasteiger partial charge in [-0.25, -0.2) is 0 Å². The fourth-order valence-corrected chi connectivity index (χ4v) is 7.15. The highest BCUT2D eigenvalue weighted by molar-refractivity contribution is 5.95. The quantitative estimate of drug-likeness (QED) is 0.398. The Hall–Kier alpha value is -3.73. The molecule has 1 aromatic carbocycles. The Bertz CT molecular complexity index is 1430. The molecule has 6 rings (SSSR count). The maximum Gasteiger partial charge on any atom is 0.257 e. The van der Waals surface area contributed by atoms with E-state index >= 15 is 0 Å². The third kappa shape index (κ3) is 6.36. The van der Waals surface area contributed by atoms with Gasteiger partial charge in [-0.2, -0.15) is 5.10 Å². The average molecular weight is 619 g/mol. The smallest absolute Gasteiger partial charge is 0.257 e. The molecule has 11 nitrogen and oxygen atoms in total. The number of carbonyl (C=O) groups is 4. The standard InChI is InChI=1S/C34H46N6O5/c1-22(45-18-24-11-8-12-24)28(30(42)35-4)37-29(41)27-17-38(19-34(27)20-39(21-34)32(44)26-13-33(26,2)3)31(43)25-14-36-40(16-25)15-23-9-6-5-7-10-23/h5-7,9-10,14,16,22,24,26-28H,8,11-13,15,17-21H2,1-4H3,(H,35,42)(H,37,41)/t22-,26-,27-,28+/m1/s1. The second-order valence-electron chi connectivity index (χ2n) is 14.4.